The first-order chi connectivity index (χ1) is 7.22. The van der Waals surface area contributed by atoms with Crippen molar-refractivity contribution in [3.8, 4) is 11.3 Å². The molecule has 76 valence electrons. The zero-order valence-corrected chi connectivity index (χ0v) is 10.7. The number of benzene rings is 1. The molecule has 0 saturated heterocycles. The molecule has 0 fully saturated rings. The second-order valence-corrected chi connectivity index (χ2v) is 4.66. The Bertz CT molecular complexity index is 508. The van der Waals surface area contributed by atoms with E-state index < -0.39 is 0 Å². The van der Waals surface area contributed by atoms with Crippen molar-refractivity contribution in [2.75, 3.05) is 0 Å². The second kappa shape index (κ2) is 4.28. The van der Waals surface area contributed by atoms with Gasteiger partial charge in [0.25, 0.3) is 0 Å². The number of H-pyrrole nitrogens is 1. The third-order valence-electron chi connectivity index (χ3n) is 2.00. The summed E-state index contributed by atoms with van der Waals surface area (Å²) in [5, 5.41) is 6.64. The molecule has 0 spiro atoms. The lowest BCUT2D eigenvalue weighted by Gasteiger charge is -2.01. The van der Waals surface area contributed by atoms with Gasteiger partial charge in [0.15, 0.2) is 6.29 Å². The van der Waals surface area contributed by atoms with Crippen LogP contribution in [0.2, 0.25) is 0 Å². The SMILES string of the molecule is O=Cc1cn[nH]c1-c1ccc(Br)c(Br)c1. The number of carbonyl (C=O) groups is 1. The smallest absolute Gasteiger partial charge is 0.153 e. The Kier molecular flexibility index (Phi) is 3.02. The van der Waals surface area contributed by atoms with Gasteiger partial charge in [0.05, 0.1) is 17.5 Å². The first-order valence-electron chi connectivity index (χ1n) is 4.16. The molecule has 0 aliphatic rings. The van der Waals surface area contributed by atoms with Crippen molar-refractivity contribution >= 4 is 38.1 Å². The largest absolute Gasteiger partial charge is 0.298 e. The Balaban J connectivity index is 2.54. The van der Waals surface area contributed by atoms with Crippen LogP contribution in [-0.2, 0) is 0 Å². The molecule has 5 heteroatoms. The van der Waals surface area contributed by atoms with E-state index in [2.05, 4.69) is 42.1 Å². The van der Waals surface area contributed by atoms with E-state index in [4.69, 9.17) is 0 Å². The molecule has 2 aromatic rings. The number of hydrogen-bond acceptors (Lipinski definition) is 2. The molecule has 2 rings (SSSR count). The number of carbonyl (C=O) groups excluding carboxylic acids is 1. The van der Waals surface area contributed by atoms with Gasteiger partial charge in [-0.05, 0) is 44.0 Å². The molecule has 0 aliphatic carbocycles. The molecule has 0 radical (unpaired) electrons. The van der Waals surface area contributed by atoms with Crippen LogP contribution >= 0.6 is 31.9 Å². The second-order valence-electron chi connectivity index (χ2n) is 2.95. The van der Waals surface area contributed by atoms with E-state index in [0.717, 1.165) is 26.5 Å². The maximum absolute atomic E-state index is 10.7. The van der Waals surface area contributed by atoms with Crippen LogP contribution in [0.5, 0.6) is 0 Å². The molecule has 1 aromatic heterocycles. The van der Waals surface area contributed by atoms with Gasteiger partial charge < -0.3 is 0 Å². The number of halogens is 2. The summed E-state index contributed by atoms with van der Waals surface area (Å²) in [6.45, 7) is 0. The van der Waals surface area contributed by atoms with Crippen LogP contribution in [0.15, 0.2) is 33.3 Å². The molecule has 1 heterocycles. The van der Waals surface area contributed by atoms with Gasteiger partial charge in [-0.1, -0.05) is 6.07 Å². The Hall–Kier alpha value is -0.940. The van der Waals surface area contributed by atoms with Gasteiger partial charge in [0, 0.05) is 14.5 Å². The fraction of sp³-hybridized carbons (Fsp3) is 0. The fourth-order valence-electron chi connectivity index (χ4n) is 1.27. The summed E-state index contributed by atoms with van der Waals surface area (Å²) in [6, 6.07) is 5.74. The monoisotopic (exact) mass is 328 g/mol. The normalized spacial score (nSPS) is 10.3. The van der Waals surface area contributed by atoms with E-state index in [1.165, 1.54) is 6.20 Å². The maximum atomic E-state index is 10.7. The lowest BCUT2D eigenvalue weighted by Crippen LogP contribution is -1.84. The Morgan fingerprint density at radius 1 is 1.27 bits per heavy atom. The summed E-state index contributed by atoms with van der Waals surface area (Å²) in [5.74, 6) is 0. The third kappa shape index (κ3) is 2.03. The zero-order chi connectivity index (χ0) is 10.8. The Morgan fingerprint density at radius 3 is 2.73 bits per heavy atom. The van der Waals surface area contributed by atoms with Gasteiger partial charge in [-0.3, -0.25) is 9.89 Å². The zero-order valence-electron chi connectivity index (χ0n) is 7.50. The highest BCUT2D eigenvalue weighted by Gasteiger charge is 2.07. The van der Waals surface area contributed by atoms with Crippen LogP contribution in [0.3, 0.4) is 0 Å². The minimum atomic E-state index is 0.559. The van der Waals surface area contributed by atoms with Gasteiger partial charge in [-0.15, -0.1) is 0 Å². The number of hydrogen-bond donors (Lipinski definition) is 1. The molecular formula is C10H6Br2N2O. The predicted molar refractivity (Wildman–Crippen MR) is 64.8 cm³/mol. The number of aromatic nitrogens is 2. The predicted octanol–water partition coefficient (Wildman–Crippen LogP) is 3.41. The molecule has 15 heavy (non-hydrogen) atoms. The van der Waals surface area contributed by atoms with Crippen molar-refractivity contribution in [3.63, 3.8) is 0 Å². The maximum Gasteiger partial charge on any atom is 0.153 e. The van der Waals surface area contributed by atoms with Crippen LogP contribution < -0.4 is 0 Å². The average molecular weight is 330 g/mol. The van der Waals surface area contributed by atoms with Crippen LogP contribution in [0.1, 0.15) is 10.4 Å². The Morgan fingerprint density at radius 2 is 2.07 bits per heavy atom. The van der Waals surface area contributed by atoms with Gasteiger partial charge in [-0.2, -0.15) is 5.10 Å². The number of nitrogens with zero attached hydrogens (tertiary/aromatic N) is 1. The van der Waals surface area contributed by atoms with Crippen molar-refractivity contribution in [1.82, 2.24) is 10.2 Å². The molecule has 0 aliphatic heterocycles. The minimum absolute atomic E-state index is 0.559. The average Bonchev–Trinajstić information content (AvgIpc) is 2.70. The van der Waals surface area contributed by atoms with Crippen LogP contribution in [0.25, 0.3) is 11.3 Å². The van der Waals surface area contributed by atoms with E-state index in [0.29, 0.717) is 5.56 Å². The third-order valence-corrected chi connectivity index (χ3v) is 3.88. The molecule has 0 saturated carbocycles. The highest BCUT2D eigenvalue weighted by molar-refractivity contribution is 9.13. The number of rotatable bonds is 2. The molecular weight excluding hydrogens is 324 g/mol. The van der Waals surface area contributed by atoms with E-state index in [-0.39, 0.29) is 0 Å². The van der Waals surface area contributed by atoms with E-state index in [1.807, 2.05) is 18.2 Å². The van der Waals surface area contributed by atoms with Crippen LogP contribution in [-0.4, -0.2) is 16.5 Å². The molecule has 1 aromatic carbocycles. The summed E-state index contributed by atoms with van der Waals surface area (Å²) < 4.78 is 1.91. The van der Waals surface area contributed by atoms with Crippen molar-refractivity contribution in [1.29, 1.82) is 0 Å². The molecule has 0 unspecified atom stereocenters. The van der Waals surface area contributed by atoms with E-state index in [1.54, 1.807) is 0 Å². The van der Waals surface area contributed by atoms with Gasteiger partial charge in [0.1, 0.15) is 0 Å². The van der Waals surface area contributed by atoms with Gasteiger partial charge >= 0.3 is 0 Å². The Labute approximate surface area is 103 Å². The first kappa shape index (κ1) is 10.6. The summed E-state index contributed by atoms with van der Waals surface area (Å²) in [6.07, 6.45) is 2.30. The van der Waals surface area contributed by atoms with Crippen molar-refractivity contribution in [2.24, 2.45) is 0 Å². The molecule has 0 amide bonds. The topological polar surface area (TPSA) is 45.8 Å². The standard InChI is InChI=1S/C10H6Br2N2O/c11-8-2-1-6(3-9(8)12)10-7(5-15)4-13-14-10/h1-5H,(H,13,14). The quantitative estimate of drug-likeness (QED) is 0.858. The van der Waals surface area contributed by atoms with E-state index in [9.17, 15) is 4.79 Å². The number of aldehydes is 1. The summed E-state index contributed by atoms with van der Waals surface area (Å²) in [5.41, 5.74) is 2.21. The highest BCUT2D eigenvalue weighted by atomic mass is 79.9. The van der Waals surface area contributed by atoms with Crippen molar-refractivity contribution in [2.45, 2.75) is 0 Å². The van der Waals surface area contributed by atoms with E-state index >= 15 is 0 Å². The van der Waals surface area contributed by atoms with Crippen LogP contribution in [0.4, 0.5) is 0 Å². The van der Waals surface area contributed by atoms with Crippen LogP contribution in [0, 0.1) is 0 Å². The molecule has 1 N–H and O–H groups in total. The molecule has 0 atom stereocenters. The molecule has 0 bridgehead atoms. The lowest BCUT2D eigenvalue weighted by atomic mass is 10.1. The van der Waals surface area contributed by atoms with Crippen molar-refractivity contribution in [3.05, 3.63) is 38.9 Å². The van der Waals surface area contributed by atoms with Gasteiger partial charge in [-0.25, -0.2) is 0 Å². The summed E-state index contributed by atoms with van der Waals surface area (Å²) >= 11 is 6.79. The molecule has 3 nitrogen and oxygen atoms in total. The number of nitrogens with one attached hydrogen (secondary N) is 1. The summed E-state index contributed by atoms with van der Waals surface area (Å²) in [4.78, 5) is 10.7. The van der Waals surface area contributed by atoms with Crippen molar-refractivity contribution < 1.29 is 4.79 Å². The van der Waals surface area contributed by atoms with Gasteiger partial charge in [0.2, 0.25) is 0 Å². The minimum Gasteiger partial charge on any atom is -0.298 e. The highest BCUT2D eigenvalue weighted by Crippen LogP contribution is 2.29. The fourth-order valence-corrected chi connectivity index (χ4v) is 1.89. The lowest BCUT2D eigenvalue weighted by molar-refractivity contribution is 0.112. The first-order valence-corrected chi connectivity index (χ1v) is 5.75. The summed E-state index contributed by atoms with van der Waals surface area (Å²) in [7, 11) is 0. The number of aromatic amines is 1.